The van der Waals surface area contributed by atoms with Crippen molar-refractivity contribution in [3.63, 3.8) is 0 Å². The quantitative estimate of drug-likeness (QED) is 0.669. The Kier molecular flexibility index (Phi) is 5.98. The summed E-state index contributed by atoms with van der Waals surface area (Å²) in [5, 5.41) is 8.24. The lowest BCUT2D eigenvalue weighted by Crippen LogP contribution is -2.33. The monoisotopic (exact) mass is 447 g/mol. The van der Waals surface area contributed by atoms with E-state index in [1.807, 2.05) is 36.4 Å². The highest BCUT2D eigenvalue weighted by Gasteiger charge is 2.36. The normalized spacial score (nSPS) is 15.4. The Labute approximate surface area is 167 Å². The maximum Gasteiger partial charge on any atom is 0.323 e. The van der Waals surface area contributed by atoms with Crippen LogP contribution in [0, 0.1) is 0 Å². The van der Waals surface area contributed by atoms with Crippen LogP contribution >= 0.6 is 27.7 Å². The van der Waals surface area contributed by atoms with E-state index in [1.165, 1.54) is 6.08 Å². The van der Waals surface area contributed by atoms with Crippen molar-refractivity contribution in [3.05, 3.63) is 69.0 Å². The summed E-state index contributed by atoms with van der Waals surface area (Å²) in [5.41, 5.74) is 1.61. The number of imide groups is 1. The molecule has 2 aromatic rings. The van der Waals surface area contributed by atoms with Crippen molar-refractivity contribution in [2.45, 2.75) is 6.61 Å². The molecule has 0 bridgehead atoms. The molecule has 8 heteroatoms. The molecule has 0 aliphatic carbocycles. The van der Waals surface area contributed by atoms with Gasteiger partial charge in [-0.1, -0.05) is 46.3 Å². The van der Waals surface area contributed by atoms with E-state index in [4.69, 9.17) is 9.84 Å². The second-order valence-electron chi connectivity index (χ2n) is 5.62. The summed E-state index contributed by atoms with van der Waals surface area (Å²) in [7, 11) is 0. The Morgan fingerprint density at radius 2 is 1.93 bits per heavy atom. The molecule has 0 atom stereocenters. The number of hydrogen-bond donors (Lipinski definition) is 1. The lowest BCUT2D eigenvalue weighted by Gasteiger charge is -2.11. The fraction of sp³-hybridized carbons (Fsp3) is 0.105. The first-order valence-electron chi connectivity index (χ1n) is 7.87. The van der Waals surface area contributed by atoms with Crippen LogP contribution in [0.4, 0.5) is 4.79 Å². The topological polar surface area (TPSA) is 83.9 Å². The van der Waals surface area contributed by atoms with Crippen molar-refractivity contribution in [1.82, 2.24) is 4.90 Å². The molecule has 1 aliphatic heterocycles. The number of ether oxygens (including phenoxy) is 1. The number of carboxylic acids is 1. The molecule has 0 radical (unpaired) electrons. The predicted molar refractivity (Wildman–Crippen MR) is 105 cm³/mol. The minimum absolute atomic E-state index is 0.156. The lowest BCUT2D eigenvalue weighted by molar-refractivity contribution is -0.140. The smallest absolute Gasteiger partial charge is 0.323 e. The first-order valence-corrected chi connectivity index (χ1v) is 9.48. The van der Waals surface area contributed by atoms with Crippen molar-refractivity contribution in [1.29, 1.82) is 0 Å². The second-order valence-corrected chi connectivity index (χ2v) is 7.53. The average Bonchev–Trinajstić information content (AvgIpc) is 2.89. The summed E-state index contributed by atoms with van der Waals surface area (Å²) in [5.74, 6) is -1.32. The number of nitrogens with zero attached hydrogens (tertiary/aromatic N) is 1. The number of benzene rings is 2. The average molecular weight is 448 g/mol. The molecule has 27 heavy (non-hydrogen) atoms. The maximum atomic E-state index is 12.3. The zero-order chi connectivity index (χ0) is 19.4. The number of rotatable bonds is 6. The molecular weight excluding hydrogens is 434 g/mol. The van der Waals surface area contributed by atoms with Crippen molar-refractivity contribution in [2.75, 3.05) is 6.54 Å². The summed E-state index contributed by atoms with van der Waals surface area (Å²) in [6.45, 7) is -0.304. The number of thioether (sulfide) groups is 1. The molecule has 0 saturated carbocycles. The van der Waals surface area contributed by atoms with Gasteiger partial charge in [0.25, 0.3) is 11.1 Å². The van der Waals surface area contributed by atoms with Crippen LogP contribution in [0.3, 0.4) is 0 Å². The molecule has 0 unspecified atom stereocenters. The second kappa shape index (κ2) is 8.41. The molecule has 2 aromatic carbocycles. The van der Waals surface area contributed by atoms with Gasteiger partial charge in [-0.05, 0) is 41.6 Å². The van der Waals surface area contributed by atoms with Crippen molar-refractivity contribution in [2.24, 2.45) is 0 Å². The fourth-order valence-electron chi connectivity index (χ4n) is 2.41. The SMILES string of the molecule is O=C(O)CN1C(=O)S/C(=C/c2cc(Br)ccc2OCc2ccccc2)C1=O. The van der Waals surface area contributed by atoms with Crippen LogP contribution in [0.2, 0.25) is 0 Å². The summed E-state index contributed by atoms with van der Waals surface area (Å²) in [4.78, 5) is 35.9. The first kappa shape index (κ1) is 19.2. The molecule has 1 aliphatic rings. The molecule has 2 amide bonds. The van der Waals surface area contributed by atoms with Gasteiger partial charge in [0.15, 0.2) is 0 Å². The van der Waals surface area contributed by atoms with Crippen LogP contribution in [0.15, 0.2) is 57.9 Å². The Morgan fingerprint density at radius 3 is 2.63 bits per heavy atom. The first-order chi connectivity index (χ1) is 12.9. The van der Waals surface area contributed by atoms with Gasteiger partial charge in [-0.2, -0.15) is 0 Å². The van der Waals surface area contributed by atoms with E-state index in [-0.39, 0.29) is 4.91 Å². The zero-order valence-electron chi connectivity index (χ0n) is 13.9. The summed E-state index contributed by atoms with van der Waals surface area (Å²) < 4.78 is 6.65. The van der Waals surface area contributed by atoms with E-state index in [0.717, 1.165) is 10.0 Å². The highest BCUT2D eigenvalue weighted by Crippen LogP contribution is 2.35. The van der Waals surface area contributed by atoms with Crippen LogP contribution in [0.25, 0.3) is 6.08 Å². The molecule has 1 fully saturated rings. The Hall–Kier alpha value is -2.58. The maximum absolute atomic E-state index is 12.3. The van der Waals surface area contributed by atoms with Gasteiger partial charge in [-0.15, -0.1) is 0 Å². The molecule has 3 rings (SSSR count). The fourth-order valence-corrected chi connectivity index (χ4v) is 3.62. The van der Waals surface area contributed by atoms with E-state index in [2.05, 4.69) is 15.9 Å². The van der Waals surface area contributed by atoms with E-state index in [9.17, 15) is 14.4 Å². The minimum Gasteiger partial charge on any atom is -0.488 e. The number of carbonyl (C=O) groups excluding carboxylic acids is 2. The summed E-state index contributed by atoms with van der Waals surface area (Å²) in [6, 6.07) is 15.0. The Morgan fingerprint density at radius 1 is 1.19 bits per heavy atom. The minimum atomic E-state index is -1.24. The largest absolute Gasteiger partial charge is 0.488 e. The van der Waals surface area contributed by atoms with Gasteiger partial charge in [0.1, 0.15) is 18.9 Å². The highest BCUT2D eigenvalue weighted by molar-refractivity contribution is 9.10. The summed E-state index contributed by atoms with van der Waals surface area (Å²) >= 11 is 4.09. The van der Waals surface area contributed by atoms with E-state index in [0.29, 0.717) is 34.6 Å². The van der Waals surface area contributed by atoms with E-state index >= 15 is 0 Å². The van der Waals surface area contributed by atoms with Crippen molar-refractivity contribution in [3.8, 4) is 5.75 Å². The van der Waals surface area contributed by atoms with Gasteiger partial charge < -0.3 is 9.84 Å². The van der Waals surface area contributed by atoms with Crippen LogP contribution < -0.4 is 4.74 Å². The lowest BCUT2D eigenvalue weighted by atomic mass is 10.1. The number of amides is 2. The molecule has 1 N–H and O–H groups in total. The molecule has 0 aromatic heterocycles. The number of carbonyl (C=O) groups is 3. The molecular formula is C19H14BrNO5S. The van der Waals surface area contributed by atoms with Crippen LogP contribution in [-0.4, -0.2) is 33.7 Å². The van der Waals surface area contributed by atoms with Crippen molar-refractivity contribution >= 4 is 50.9 Å². The molecule has 1 heterocycles. The Bertz CT molecular complexity index is 929. The van der Waals surface area contributed by atoms with Gasteiger partial charge in [0, 0.05) is 10.0 Å². The summed E-state index contributed by atoms with van der Waals surface area (Å²) in [6.07, 6.45) is 1.54. The van der Waals surface area contributed by atoms with E-state index < -0.39 is 23.7 Å². The molecule has 0 spiro atoms. The zero-order valence-corrected chi connectivity index (χ0v) is 16.3. The van der Waals surface area contributed by atoms with Gasteiger partial charge >= 0.3 is 5.97 Å². The number of halogens is 1. The van der Waals surface area contributed by atoms with E-state index in [1.54, 1.807) is 12.1 Å². The third kappa shape index (κ3) is 4.78. The van der Waals surface area contributed by atoms with Gasteiger partial charge in [0.2, 0.25) is 0 Å². The number of hydrogen-bond acceptors (Lipinski definition) is 5. The Balaban J connectivity index is 1.84. The third-order valence-corrected chi connectivity index (χ3v) is 5.06. The highest BCUT2D eigenvalue weighted by atomic mass is 79.9. The van der Waals surface area contributed by atoms with Crippen LogP contribution in [0.1, 0.15) is 11.1 Å². The molecule has 1 saturated heterocycles. The number of aliphatic carboxylic acids is 1. The third-order valence-electron chi connectivity index (χ3n) is 3.66. The van der Waals surface area contributed by atoms with Crippen LogP contribution in [0.5, 0.6) is 5.75 Å². The number of carboxylic acid groups (broad SMARTS) is 1. The van der Waals surface area contributed by atoms with Gasteiger partial charge in [0.05, 0.1) is 4.91 Å². The van der Waals surface area contributed by atoms with Crippen molar-refractivity contribution < 1.29 is 24.2 Å². The van der Waals surface area contributed by atoms with Gasteiger partial charge in [-0.3, -0.25) is 19.3 Å². The standard InChI is InChI=1S/C19H14BrNO5S/c20-14-6-7-15(26-11-12-4-2-1-3-5-12)13(8-14)9-16-18(24)21(10-17(22)23)19(25)27-16/h1-9H,10-11H2,(H,22,23)/b16-9+. The molecule has 6 nitrogen and oxygen atoms in total. The van der Waals surface area contributed by atoms with Crippen LogP contribution in [-0.2, 0) is 16.2 Å². The van der Waals surface area contributed by atoms with Gasteiger partial charge in [-0.25, -0.2) is 0 Å². The molecule has 138 valence electrons. The predicted octanol–water partition coefficient (Wildman–Crippen LogP) is 4.15.